The molecule has 2 heteroatoms. The van der Waals surface area contributed by atoms with Crippen molar-refractivity contribution in [2.45, 2.75) is 45.1 Å². The number of rotatable bonds is 8. The fourth-order valence-electron chi connectivity index (χ4n) is 3.53. The molecule has 3 rings (SSSR count). The molecule has 1 N–H and O–H groups in total. The summed E-state index contributed by atoms with van der Waals surface area (Å²) >= 11 is 0. The predicted octanol–water partition coefficient (Wildman–Crippen LogP) is 4.59. The molecular weight excluding hydrogens is 280 g/mol. The zero-order valence-corrected chi connectivity index (χ0v) is 14.3. The lowest BCUT2D eigenvalue weighted by atomic mass is 10.1. The van der Waals surface area contributed by atoms with E-state index in [1.165, 1.54) is 74.5 Å². The molecule has 1 aliphatic rings. The molecule has 0 aliphatic carbocycles. The zero-order valence-electron chi connectivity index (χ0n) is 14.3. The van der Waals surface area contributed by atoms with Gasteiger partial charge in [0.05, 0.1) is 0 Å². The van der Waals surface area contributed by atoms with Crippen LogP contribution in [0.15, 0.2) is 42.5 Å². The second-order valence-electron chi connectivity index (χ2n) is 6.82. The van der Waals surface area contributed by atoms with Gasteiger partial charge in [0, 0.05) is 6.54 Å². The molecule has 0 bridgehead atoms. The molecule has 23 heavy (non-hydrogen) atoms. The van der Waals surface area contributed by atoms with E-state index in [9.17, 15) is 0 Å². The van der Waals surface area contributed by atoms with Crippen LogP contribution < -0.4 is 5.32 Å². The molecule has 2 aromatic carbocycles. The van der Waals surface area contributed by atoms with Gasteiger partial charge in [0.15, 0.2) is 0 Å². The summed E-state index contributed by atoms with van der Waals surface area (Å²) < 4.78 is 0. The maximum absolute atomic E-state index is 3.59. The van der Waals surface area contributed by atoms with E-state index in [-0.39, 0.29) is 0 Å². The van der Waals surface area contributed by atoms with Crippen molar-refractivity contribution in [3.8, 4) is 0 Å². The first-order valence-corrected chi connectivity index (χ1v) is 9.32. The predicted molar refractivity (Wildman–Crippen MR) is 99.8 cm³/mol. The van der Waals surface area contributed by atoms with E-state index in [1.807, 2.05) is 0 Å². The molecule has 1 aliphatic heterocycles. The Labute approximate surface area is 140 Å². The van der Waals surface area contributed by atoms with Crippen molar-refractivity contribution in [3.05, 3.63) is 48.0 Å². The Bertz CT molecular complexity index is 587. The Morgan fingerprint density at radius 3 is 2.52 bits per heavy atom. The lowest BCUT2D eigenvalue weighted by molar-refractivity contribution is 0.224. The van der Waals surface area contributed by atoms with E-state index in [2.05, 4.69) is 52.7 Å². The molecule has 0 atom stereocenters. The Hall–Kier alpha value is -1.38. The van der Waals surface area contributed by atoms with Gasteiger partial charge in [-0.05, 0) is 74.3 Å². The van der Waals surface area contributed by atoms with Crippen molar-refractivity contribution < 1.29 is 0 Å². The van der Waals surface area contributed by atoms with Crippen molar-refractivity contribution in [1.29, 1.82) is 0 Å². The normalized spacial score (nSPS) is 16.0. The molecule has 0 amide bonds. The number of nitrogens with one attached hydrogen (secondary N) is 1. The van der Waals surface area contributed by atoms with E-state index < -0.39 is 0 Å². The second-order valence-corrected chi connectivity index (χ2v) is 6.82. The van der Waals surface area contributed by atoms with Crippen LogP contribution in [0.25, 0.3) is 10.8 Å². The molecular formula is C21H30N2. The maximum atomic E-state index is 3.59. The topological polar surface area (TPSA) is 15.3 Å². The molecule has 1 heterocycles. The average Bonchev–Trinajstić information content (AvgIpc) is 2.61. The SMILES string of the molecule is c1ccc2cc(CNCCCCCN3CCCCC3)ccc2c1. The molecule has 2 aromatic rings. The van der Waals surface area contributed by atoms with Crippen LogP contribution in [0.3, 0.4) is 0 Å². The van der Waals surface area contributed by atoms with Crippen LogP contribution in [0.5, 0.6) is 0 Å². The minimum Gasteiger partial charge on any atom is -0.313 e. The van der Waals surface area contributed by atoms with Gasteiger partial charge in [-0.3, -0.25) is 0 Å². The van der Waals surface area contributed by atoms with Crippen LogP contribution >= 0.6 is 0 Å². The number of fused-ring (bicyclic) bond motifs is 1. The lowest BCUT2D eigenvalue weighted by Gasteiger charge is -2.26. The zero-order chi connectivity index (χ0) is 15.7. The van der Waals surface area contributed by atoms with Gasteiger partial charge < -0.3 is 10.2 Å². The molecule has 0 unspecified atom stereocenters. The van der Waals surface area contributed by atoms with Crippen molar-refractivity contribution in [2.75, 3.05) is 26.2 Å². The number of piperidine rings is 1. The summed E-state index contributed by atoms with van der Waals surface area (Å²) in [7, 11) is 0. The summed E-state index contributed by atoms with van der Waals surface area (Å²) in [6.07, 6.45) is 8.26. The van der Waals surface area contributed by atoms with E-state index in [4.69, 9.17) is 0 Å². The monoisotopic (exact) mass is 310 g/mol. The first kappa shape index (κ1) is 16.5. The maximum Gasteiger partial charge on any atom is 0.0205 e. The lowest BCUT2D eigenvalue weighted by Crippen LogP contribution is -2.30. The molecule has 2 nitrogen and oxygen atoms in total. The summed E-state index contributed by atoms with van der Waals surface area (Å²) in [5.74, 6) is 0. The van der Waals surface area contributed by atoms with Crippen molar-refractivity contribution in [1.82, 2.24) is 10.2 Å². The van der Waals surface area contributed by atoms with Crippen LogP contribution in [0.1, 0.15) is 44.1 Å². The molecule has 0 radical (unpaired) electrons. The van der Waals surface area contributed by atoms with Crippen molar-refractivity contribution in [3.63, 3.8) is 0 Å². The molecule has 0 spiro atoms. The van der Waals surface area contributed by atoms with Gasteiger partial charge in [-0.15, -0.1) is 0 Å². The van der Waals surface area contributed by atoms with Crippen LogP contribution in [-0.2, 0) is 6.54 Å². The van der Waals surface area contributed by atoms with Gasteiger partial charge in [-0.25, -0.2) is 0 Å². The standard InChI is InChI=1S/C21H30N2/c1(6-14-23-15-7-2-8-16-23)5-13-22-18-19-11-12-20-9-3-4-10-21(20)17-19/h3-4,9-12,17,22H,1-2,5-8,13-16,18H2. The highest BCUT2D eigenvalue weighted by molar-refractivity contribution is 5.82. The number of hydrogen-bond donors (Lipinski definition) is 1. The minimum atomic E-state index is 0.983. The van der Waals surface area contributed by atoms with Gasteiger partial charge in [0.1, 0.15) is 0 Å². The minimum absolute atomic E-state index is 0.983. The van der Waals surface area contributed by atoms with Crippen molar-refractivity contribution in [2.24, 2.45) is 0 Å². The van der Waals surface area contributed by atoms with Gasteiger partial charge in [0.2, 0.25) is 0 Å². The first-order valence-electron chi connectivity index (χ1n) is 9.32. The second kappa shape index (κ2) is 9.05. The molecule has 1 saturated heterocycles. The van der Waals surface area contributed by atoms with E-state index in [0.29, 0.717) is 0 Å². The van der Waals surface area contributed by atoms with E-state index in [0.717, 1.165) is 13.1 Å². The third-order valence-electron chi connectivity index (χ3n) is 4.92. The van der Waals surface area contributed by atoms with Crippen LogP contribution in [0.4, 0.5) is 0 Å². The smallest absolute Gasteiger partial charge is 0.0205 e. The van der Waals surface area contributed by atoms with E-state index in [1.54, 1.807) is 0 Å². The number of nitrogens with zero attached hydrogens (tertiary/aromatic N) is 1. The summed E-state index contributed by atoms with van der Waals surface area (Å²) in [5, 5.41) is 6.26. The molecule has 0 aromatic heterocycles. The highest BCUT2D eigenvalue weighted by atomic mass is 15.1. The van der Waals surface area contributed by atoms with Gasteiger partial charge in [0.25, 0.3) is 0 Å². The van der Waals surface area contributed by atoms with Crippen LogP contribution in [-0.4, -0.2) is 31.1 Å². The number of hydrogen-bond acceptors (Lipinski definition) is 2. The van der Waals surface area contributed by atoms with Crippen LogP contribution in [0, 0.1) is 0 Å². The summed E-state index contributed by atoms with van der Waals surface area (Å²) in [6, 6.07) is 15.4. The van der Waals surface area contributed by atoms with Crippen molar-refractivity contribution >= 4 is 10.8 Å². The largest absolute Gasteiger partial charge is 0.313 e. The third-order valence-corrected chi connectivity index (χ3v) is 4.92. The number of likely N-dealkylation sites (tertiary alicyclic amines) is 1. The fourth-order valence-corrected chi connectivity index (χ4v) is 3.53. The number of unbranched alkanes of at least 4 members (excludes halogenated alkanes) is 2. The highest BCUT2D eigenvalue weighted by Gasteiger charge is 2.08. The summed E-state index contributed by atoms with van der Waals surface area (Å²) in [4.78, 5) is 2.64. The molecule has 0 saturated carbocycles. The highest BCUT2D eigenvalue weighted by Crippen LogP contribution is 2.15. The average molecular weight is 310 g/mol. The third kappa shape index (κ3) is 5.33. The fraction of sp³-hybridized carbons (Fsp3) is 0.524. The quantitative estimate of drug-likeness (QED) is 0.718. The summed E-state index contributed by atoms with van der Waals surface area (Å²) in [5.41, 5.74) is 1.39. The molecule has 1 fully saturated rings. The van der Waals surface area contributed by atoms with Crippen LogP contribution in [0.2, 0.25) is 0 Å². The van der Waals surface area contributed by atoms with Gasteiger partial charge >= 0.3 is 0 Å². The van der Waals surface area contributed by atoms with E-state index >= 15 is 0 Å². The van der Waals surface area contributed by atoms with Gasteiger partial charge in [-0.1, -0.05) is 49.2 Å². The Balaban J connectivity index is 1.28. The Morgan fingerprint density at radius 1 is 0.826 bits per heavy atom. The summed E-state index contributed by atoms with van der Waals surface area (Å²) in [6.45, 7) is 6.09. The first-order chi connectivity index (χ1) is 11.4. The molecule has 124 valence electrons. The Morgan fingerprint density at radius 2 is 1.65 bits per heavy atom. The number of benzene rings is 2. The van der Waals surface area contributed by atoms with Gasteiger partial charge in [-0.2, -0.15) is 0 Å². The Kier molecular flexibility index (Phi) is 6.48.